The van der Waals surface area contributed by atoms with Gasteiger partial charge in [0.05, 0.1) is 19.6 Å². The minimum absolute atomic E-state index is 0.795. The summed E-state index contributed by atoms with van der Waals surface area (Å²) in [6.07, 6.45) is 4.26. The Morgan fingerprint density at radius 3 is 2.63 bits per heavy atom. The molecule has 1 heterocycles. The zero-order valence-electron chi connectivity index (χ0n) is 18.5. The van der Waals surface area contributed by atoms with Gasteiger partial charge in [-0.05, 0) is 61.8 Å². The molecule has 0 saturated heterocycles. The molecule has 0 amide bonds. The molecule has 0 bridgehead atoms. The molecule has 0 radical (unpaired) electrons. The maximum atomic E-state index is 5.87. The van der Waals surface area contributed by atoms with Crippen LogP contribution in [0, 0.1) is 0 Å². The lowest BCUT2D eigenvalue weighted by Crippen LogP contribution is -3.11. The van der Waals surface area contributed by atoms with E-state index in [0.29, 0.717) is 0 Å². The number of nitrogens with one attached hydrogen (secondary N) is 3. The van der Waals surface area contributed by atoms with Crippen LogP contribution in [0.4, 0.5) is 5.69 Å². The highest BCUT2D eigenvalue weighted by Crippen LogP contribution is 2.20. The summed E-state index contributed by atoms with van der Waals surface area (Å²) in [6, 6.07) is 17.0. The Balaban J connectivity index is 1.74. The number of H-pyrrole nitrogens is 1. The molecule has 0 aliphatic carbocycles. The van der Waals surface area contributed by atoms with Crippen molar-refractivity contribution in [1.29, 1.82) is 0 Å². The van der Waals surface area contributed by atoms with Crippen molar-refractivity contribution in [1.82, 2.24) is 9.88 Å². The molecule has 0 aliphatic heterocycles. The molecule has 0 atom stereocenters. The monoisotopic (exact) mass is 423 g/mol. The SMILES string of the molecule is CCc1cccc(NC(=S)N(CCC[NH+](CC)CC)Cc2c[nH]c3ccccc23)c1. The van der Waals surface area contributed by atoms with E-state index in [1.165, 1.54) is 41.7 Å². The number of hydrogen-bond donors (Lipinski definition) is 3. The largest absolute Gasteiger partial charge is 0.361 e. The van der Waals surface area contributed by atoms with Crippen LogP contribution in [0.5, 0.6) is 0 Å². The summed E-state index contributed by atoms with van der Waals surface area (Å²) in [6.45, 7) is 12.0. The van der Waals surface area contributed by atoms with Crippen LogP contribution < -0.4 is 10.2 Å². The average molecular weight is 424 g/mol. The number of aryl methyl sites for hydroxylation is 1. The molecule has 3 aromatic rings. The van der Waals surface area contributed by atoms with E-state index in [0.717, 1.165) is 36.7 Å². The number of rotatable bonds is 10. The first-order chi connectivity index (χ1) is 14.6. The van der Waals surface area contributed by atoms with Crippen LogP contribution in [0.15, 0.2) is 54.7 Å². The lowest BCUT2D eigenvalue weighted by atomic mass is 10.1. The van der Waals surface area contributed by atoms with E-state index in [4.69, 9.17) is 12.2 Å². The van der Waals surface area contributed by atoms with Gasteiger partial charge >= 0.3 is 0 Å². The van der Waals surface area contributed by atoms with Crippen LogP contribution in [0.25, 0.3) is 10.9 Å². The molecule has 1 aromatic heterocycles. The van der Waals surface area contributed by atoms with Gasteiger partial charge in [0.25, 0.3) is 0 Å². The normalized spacial score (nSPS) is 11.2. The minimum atomic E-state index is 0.795. The highest BCUT2D eigenvalue weighted by molar-refractivity contribution is 7.80. The molecule has 4 nitrogen and oxygen atoms in total. The van der Waals surface area contributed by atoms with E-state index in [2.05, 4.69) is 90.7 Å². The fraction of sp³-hybridized carbons (Fsp3) is 0.400. The third-order valence-electron chi connectivity index (χ3n) is 5.87. The number of anilines is 1. The summed E-state index contributed by atoms with van der Waals surface area (Å²) in [7, 11) is 0. The first-order valence-corrected chi connectivity index (χ1v) is 11.6. The number of fused-ring (bicyclic) bond motifs is 1. The molecule has 0 saturated carbocycles. The molecule has 5 heteroatoms. The maximum Gasteiger partial charge on any atom is 0.173 e. The molecule has 2 aromatic carbocycles. The molecule has 0 unspecified atom stereocenters. The Morgan fingerprint density at radius 2 is 1.87 bits per heavy atom. The Bertz CT molecular complexity index is 945. The number of quaternary nitrogens is 1. The summed E-state index contributed by atoms with van der Waals surface area (Å²) in [5.74, 6) is 0. The second kappa shape index (κ2) is 11.1. The van der Waals surface area contributed by atoms with Crippen molar-refractivity contribution in [3.63, 3.8) is 0 Å². The average Bonchev–Trinajstić information content (AvgIpc) is 3.19. The molecule has 0 spiro atoms. The second-order valence-corrected chi connectivity index (χ2v) is 8.21. The van der Waals surface area contributed by atoms with Gasteiger partial charge in [0.2, 0.25) is 0 Å². The Hall–Kier alpha value is -2.37. The number of hydrogen-bond acceptors (Lipinski definition) is 1. The summed E-state index contributed by atoms with van der Waals surface area (Å²) >= 11 is 5.87. The predicted octanol–water partition coefficient (Wildman–Crippen LogP) is 4.24. The topological polar surface area (TPSA) is 35.5 Å². The number of aromatic nitrogens is 1. The predicted molar refractivity (Wildman–Crippen MR) is 132 cm³/mol. The van der Waals surface area contributed by atoms with Crippen molar-refractivity contribution < 1.29 is 4.90 Å². The standard InChI is InChI=1S/C25H34N4S/c1-4-20-11-9-12-22(17-20)27-25(30)29(16-10-15-28(5-2)6-3)19-21-18-26-24-14-8-7-13-23(21)24/h7-9,11-14,17-18,26H,4-6,10,15-16,19H2,1-3H3,(H,27,30)/p+1. The third-order valence-corrected chi connectivity index (χ3v) is 6.23. The maximum absolute atomic E-state index is 5.87. The molecule has 0 fully saturated rings. The van der Waals surface area contributed by atoms with Crippen LogP contribution in [0.2, 0.25) is 0 Å². The molecule has 0 aliphatic rings. The van der Waals surface area contributed by atoms with Gasteiger partial charge in [-0.3, -0.25) is 0 Å². The fourth-order valence-electron chi connectivity index (χ4n) is 3.92. The van der Waals surface area contributed by atoms with Crippen molar-refractivity contribution in [3.8, 4) is 0 Å². The fourth-order valence-corrected chi connectivity index (χ4v) is 4.19. The summed E-state index contributed by atoms with van der Waals surface area (Å²) in [5.41, 5.74) is 4.84. The Kier molecular flexibility index (Phi) is 8.29. The molecule has 3 N–H and O–H groups in total. The van der Waals surface area contributed by atoms with Crippen molar-refractivity contribution in [2.24, 2.45) is 0 Å². The van der Waals surface area contributed by atoms with Gasteiger partial charge in [0.1, 0.15) is 0 Å². The lowest BCUT2D eigenvalue weighted by Gasteiger charge is -2.27. The molecule has 160 valence electrons. The molecule has 30 heavy (non-hydrogen) atoms. The summed E-state index contributed by atoms with van der Waals surface area (Å²) < 4.78 is 0. The van der Waals surface area contributed by atoms with Crippen LogP contribution >= 0.6 is 12.2 Å². The third kappa shape index (κ3) is 5.83. The summed E-state index contributed by atoms with van der Waals surface area (Å²) in [5, 5.41) is 5.55. The number of aromatic amines is 1. The quantitative estimate of drug-likeness (QED) is 0.427. The number of thiocarbonyl (C=S) groups is 1. The smallest absolute Gasteiger partial charge is 0.173 e. The van der Waals surface area contributed by atoms with E-state index in [-0.39, 0.29) is 0 Å². The highest BCUT2D eigenvalue weighted by Gasteiger charge is 2.15. The molecular weight excluding hydrogens is 388 g/mol. The summed E-state index contributed by atoms with van der Waals surface area (Å²) in [4.78, 5) is 7.34. The lowest BCUT2D eigenvalue weighted by molar-refractivity contribution is -0.896. The van der Waals surface area contributed by atoms with Crippen molar-refractivity contribution in [2.45, 2.75) is 40.2 Å². The minimum Gasteiger partial charge on any atom is -0.361 e. The van der Waals surface area contributed by atoms with E-state index >= 15 is 0 Å². The van der Waals surface area contributed by atoms with Gasteiger partial charge in [0, 0.05) is 42.3 Å². The van der Waals surface area contributed by atoms with E-state index in [1.54, 1.807) is 4.90 Å². The first-order valence-electron chi connectivity index (χ1n) is 11.2. The van der Waals surface area contributed by atoms with Crippen molar-refractivity contribution in [2.75, 3.05) is 31.5 Å². The van der Waals surface area contributed by atoms with E-state index < -0.39 is 0 Å². The molecule has 3 rings (SSSR count). The first kappa shape index (κ1) is 22.3. The van der Waals surface area contributed by atoms with Gasteiger partial charge < -0.3 is 20.1 Å². The zero-order chi connectivity index (χ0) is 21.3. The van der Waals surface area contributed by atoms with Gasteiger partial charge in [-0.25, -0.2) is 0 Å². The number of para-hydroxylation sites is 1. The van der Waals surface area contributed by atoms with Gasteiger partial charge in [-0.2, -0.15) is 0 Å². The molecular formula is C25H35N4S+. The number of benzene rings is 2. The van der Waals surface area contributed by atoms with Crippen LogP contribution in [-0.4, -0.2) is 41.2 Å². The van der Waals surface area contributed by atoms with E-state index in [9.17, 15) is 0 Å². The second-order valence-electron chi connectivity index (χ2n) is 7.83. The van der Waals surface area contributed by atoms with Crippen molar-refractivity contribution in [3.05, 3.63) is 65.9 Å². The zero-order valence-corrected chi connectivity index (χ0v) is 19.3. The van der Waals surface area contributed by atoms with E-state index in [1.807, 2.05) is 0 Å². The van der Waals surface area contributed by atoms with Gasteiger partial charge in [-0.1, -0.05) is 37.3 Å². The van der Waals surface area contributed by atoms with Gasteiger partial charge in [-0.15, -0.1) is 0 Å². The van der Waals surface area contributed by atoms with Crippen LogP contribution in [0.3, 0.4) is 0 Å². The van der Waals surface area contributed by atoms with Crippen molar-refractivity contribution >= 4 is 33.9 Å². The highest BCUT2D eigenvalue weighted by atomic mass is 32.1. The van der Waals surface area contributed by atoms with Crippen LogP contribution in [-0.2, 0) is 13.0 Å². The Labute approximate surface area is 186 Å². The van der Waals surface area contributed by atoms with Crippen LogP contribution in [0.1, 0.15) is 38.3 Å². The van der Waals surface area contributed by atoms with Gasteiger partial charge in [0.15, 0.2) is 5.11 Å². The Morgan fingerprint density at radius 1 is 1.07 bits per heavy atom. The number of nitrogens with zero attached hydrogens (tertiary/aromatic N) is 1.